The molecule has 2 amide bonds. The van der Waals surface area contributed by atoms with E-state index in [-0.39, 0.29) is 6.54 Å². The number of hydrogen-bond donors (Lipinski definition) is 3. The van der Waals surface area contributed by atoms with Crippen LogP contribution in [0, 0.1) is 0 Å². The van der Waals surface area contributed by atoms with Crippen molar-refractivity contribution in [2.75, 3.05) is 18.0 Å². The largest absolute Gasteiger partial charge is 0.480 e. The van der Waals surface area contributed by atoms with E-state index in [1.54, 1.807) is 4.90 Å². The van der Waals surface area contributed by atoms with Crippen LogP contribution in [0.3, 0.4) is 0 Å². The van der Waals surface area contributed by atoms with E-state index in [9.17, 15) is 14.4 Å². The molecule has 1 aromatic rings. The summed E-state index contributed by atoms with van der Waals surface area (Å²) in [5.41, 5.74) is 7.09. The molecule has 0 aliphatic carbocycles. The van der Waals surface area contributed by atoms with Gasteiger partial charge in [0, 0.05) is 12.1 Å². The highest BCUT2D eigenvalue weighted by molar-refractivity contribution is 5.91. The molecule has 0 bridgehead atoms. The van der Waals surface area contributed by atoms with E-state index in [1.807, 2.05) is 24.3 Å². The topological polar surface area (TPSA) is 113 Å². The second-order valence-corrected chi connectivity index (χ2v) is 4.55. The van der Waals surface area contributed by atoms with Crippen LogP contribution in [0.5, 0.6) is 0 Å². The van der Waals surface area contributed by atoms with Gasteiger partial charge < -0.3 is 21.1 Å². The van der Waals surface area contributed by atoms with Crippen molar-refractivity contribution in [2.45, 2.75) is 12.5 Å². The van der Waals surface area contributed by atoms with Crippen molar-refractivity contribution in [1.82, 2.24) is 5.32 Å². The molecule has 0 radical (unpaired) electrons. The van der Waals surface area contributed by atoms with Gasteiger partial charge in [0.05, 0.1) is 6.54 Å². The second kappa shape index (κ2) is 5.60. The van der Waals surface area contributed by atoms with Gasteiger partial charge in [0.25, 0.3) is 0 Å². The molecule has 20 heavy (non-hydrogen) atoms. The van der Waals surface area contributed by atoms with Crippen LogP contribution >= 0.6 is 0 Å². The van der Waals surface area contributed by atoms with Gasteiger partial charge in [-0.05, 0) is 11.6 Å². The minimum Gasteiger partial charge on any atom is -0.480 e. The molecule has 1 aromatic carbocycles. The van der Waals surface area contributed by atoms with E-state index in [2.05, 4.69) is 5.32 Å². The molecule has 1 aliphatic heterocycles. The number of carbonyl (C=O) groups excluding carboxylic acids is 2. The fourth-order valence-corrected chi connectivity index (χ4v) is 2.28. The first-order valence-corrected chi connectivity index (χ1v) is 6.11. The lowest BCUT2D eigenvalue weighted by Crippen LogP contribution is -2.47. The standard InChI is InChI=1S/C13H15N3O4/c14-13(20)10-5-8-3-1-2-4-9(8)16(10)7-11(17)15-6-12(18)19/h1-4,10H,5-7H2,(H2,14,20)(H,15,17)(H,18,19)/t10-/m0/s1. The Hall–Kier alpha value is -2.57. The Balaban J connectivity index is 2.12. The Labute approximate surface area is 115 Å². The first kappa shape index (κ1) is 13.9. The quantitative estimate of drug-likeness (QED) is 0.646. The molecule has 0 saturated heterocycles. The normalized spacial score (nSPS) is 16.6. The van der Waals surface area contributed by atoms with Crippen molar-refractivity contribution in [3.63, 3.8) is 0 Å². The minimum atomic E-state index is -1.12. The third-order valence-electron chi connectivity index (χ3n) is 3.17. The predicted molar refractivity (Wildman–Crippen MR) is 71.1 cm³/mol. The van der Waals surface area contributed by atoms with Crippen LogP contribution in [0.15, 0.2) is 24.3 Å². The average Bonchev–Trinajstić information content (AvgIpc) is 2.76. The highest BCUT2D eigenvalue weighted by atomic mass is 16.4. The van der Waals surface area contributed by atoms with Gasteiger partial charge in [0.1, 0.15) is 12.6 Å². The van der Waals surface area contributed by atoms with Crippen molar-refractivity contribution < 1.29 is 19.5 Å². The molecule has 2 rings (SSSR count). The smallest absolute Gasteiger partial charge is 0.322 e. The number of carboxylic acid groups (broad SMARTS) is 1. The molecule has 0 fully saturated rings. The van der Waals surface area contributed by atoms with Gasteiger partial charge in [-0.25, -0.2) is 0 Å². The summed E-state index contributed by atoms with van der Waals surface area (Å²) in [6.45, 7) is -0.548. The molecule has 0 spiro atoms. The maximum absolute atomic E-state index is 11.7. The number of carbonyl (C=O) groups is 3. The third-order valence-corrected chi connectivity index (χ3v) is 3.17. The van der Waals surface area contributed by atoms with Gasteiger partial charge in [-0.3, -0.25) is 14.4 Å². The number of anilines is 1. The lowest BCUT2D eigenvalue weighted by atomic mass is 10.1. The molecule has 0 unspecified atom stereocenters. The van der Waals surface area contributed by atoms with Gasteiger partial charge in [0.15, 0.2) is 0 Å². The van der Waals surface area contributed by atoms with Crippen molar-refractivity contribution in [3.05, 3.63) is 29.8 Å². The number of rotatable bonds is 5. The Morgan fingerprint density at radius 2 is 2.05 bits per heavy atom. The molecular formula is C13H15N3O4. The third kappa shape index (κ3) is 2.87. The van der Waals surface area contributed by atoms with Crippen LogP contribution < -0.4 is 16.0 Å². The number of para-hydroxylation sites is 1. The number of nitrogens with one attached hydrogen (secondary N) is 1. The summed E-state index contributed by atoms with van der Waals surface area (Å²) in [5, 5.41) is 10.8. The van der Waals surface area contributed by atoms with Crippen molar-refractivity contribution >= 4 is 23.5 Å². The fraction of sp³-hybridized carbons (Fsp3) is 0.308. The molecule has 0 saturated carbocycles. The predicted octanol–water partition coefficient (Wildman–Crippen LogP) is -0.896. The van der Waals surface area contributed by atoms with E-state index < -0.39 is 30.4 Å². The first-order chi connectivity index (χ1) is 9.49. The number of primary amides is 1. The number of fused-ring (bicyclic) bond motifs is 1. The number of hydrogen-bond acceptors (Lipinski definition) is 4. The first-order valence-electron chi connectivity index (χ1n) is 6.11. The summed E-state index contributed by atoms with van der Waals surface area (Å²) < 4.78 is 0. The van der Waals surface area contributed by atoms with Crippen LogP contribution in [0.4, 0.5) is 5.69 Å². The molecule has 7 nitrogen and oxygen atoms in total. The van der Waals surface area contributed by atoms with Crippen LogP contribution in [-0.4, -0.2) is 42.0 Å². The van der Waals surface area contributed by atoms with Gasteiger partial charge in [-0.2, -0.15) is 0 Å². The summed E-state index contributed by atoms with van der Waals surface area (Å²) in [6.07, 6.45) is 0.456. The molecule has 7 heteroatoms. The summed E-state index contributed by atoms with van der Waals surface area (Å²) in [7, 11) is 0. The Kier molecular flexibility index (Phi) is 3.88. The highest BCUT2D eigenvalue weighted by Gasteiger charge is 2.33. The second-order valence-electron chi connectivity index (χ2n) is 4.55. The van der Waals surface area contributed by atoms with Crippen LogP contribution in [-0.2, 0) is 20.8 Å². The van der Waals surface area contributed by atoms with Gasteiger partial charge in [-0.1, -0.05) is 18.2 Å². The highest BCUT2D eigenvalue weighted by Crippen LogP contribution is 2.31. The lowest BCUT2D eigenvalue weighted by molar-refractivity contribution is -0.137. The summed E-state index contributed by atoms with van der Waals surface area (Å²) in [5.74, 6) is -2.09. The Morgan fingerprint density at radius 3 is 2.70 bits per heavy atom. The average molecular weight is 277 g/mol. The number of nitrogens with zero attached hydrogens (tertiary/aromatic N) is 1. The fourth-order valence-electron chi connectivity index (χ4n) is 2.28. The number of benzene rings is 1. The Morgan fingerprint density at radius 1 is 1.35 bits per heavy atom. The molecule has 4 N–H and O–H groups in total. The summed E-state index contributed by atoms with van der Waals surface area (Å²) in [6, 6.07) is 6.77. The molecule has 1 heterocycles. The van der Waals surface area contributed by atoms with E-state index >= 15 is 0 Å². The van der Waals surface area contributed by atoms with Crippen molar-refractivity contribution in [1.29, 1.82) is 0 Å². The molecular weight excluding hydrogens is 262 g/mol. The van der Waals surface area contributed by atoms with E-state index in [4.69, 9.17) is 10.8 Å². The molecule has 0 aromatic heterocycles. The molecule has 106 valence electrons. The van der Waals surface area contributed by atoms with Crippen molar-refractivity contribution in [2.24, 2.45) is 5.73 Å². The Bertz CT molecular complexity index is 558. The number of amides is 2. The van der Waals surface area contributed by atoms with Crippen LogP contribution in [0.25, 0.3) is 0 Å². The van der Waals surface area contributed by atoms with E-state index in [0.717, 1.165) is 11.3 Å². The molecule has 1 atom stereocenters. The monoisotopic (exact) mass is 277 g/mol. The lowest BCUT2D eigenvalue weighted by Gasteiger charge is -2.24. The zero-order valence-corrected chi connectivity index (χ0v) is 10.7. The van der Waals surface area contributed by atoms with E-state index in [1.165, 1.54) is 0 Å². The zero-order chi connectivity index (χ0) is 14.7. The molecule has 1 aliphatic rings. The van der Waals surface area contributed by atoms with Gasteiger partial charge in [-0.15, -0.1) is 0 Å². The summed E-state index contributed by atoms with van der Waals surface area (Å²) >= 11 is 0. The zero-order valence-electron chi connectivity index (χ0n) is 10.7. The van der Waals surface area contributed by atoms with Gasteiger partial charge in [0.2, 0.25) is 11.8 Å². The number of nitrogens with two attached hydrogens (primary N) is 1. The SMILES string of the molecule is NC(=O)[C@@H]1Cc2ccccc2N1CC(=O)NCC(=O)O. The van der Waals surface area contributed by atoms with Crippen molar-refractivity contribution in [3.8, 4) is 0 Å². The number of carboxylic acids is 1. The van der Waals surface area contributed by atoms with E-state index in [0.29, 0.717) is 6.42 Å². The van der Waals surface area contributed by atoms with Crippen LogP contribution in [0.2, 0.25) is 0 Å². The number of aliphatic carboxylic acids is 1. The minimum absolute atomic E-state index is 0.0993. The summed E-state index contributed by atoms with van der Waals surface area (Å²) in [4.78, 5) is 35.2. The maximum Gasteiger partial charge on any atom is 0.322 e. The van der Waals surface area contributed by atoms with Crippen LogP contribution in [0.1, 0.15) is 5.56 Å². The maximum atomic E-state index is 11.7. The van der Waals surface area contributed by atoms with Gasteiger partial charge >= 0.3 is 5.97 Å².